The molecule has 0 atom stereocenters. The summed E-state index contributed by atoms with van der Waals surface area (Å²) in [7, 11) is 5.53. The van der Waals surface area contributed by atoms with E-state index in [0.29, 0.717) is 16.7 Å². The second kappa shape index (κ2) is 2.80. The number of hydrogen-bond donors (Lipinski definition) is 1. The van der Waals surface area contributed by atoms with E-state index in [4.69, 9.17) is 18.3 Å². The minimum absolute atomic E-state index is 0.319. The molecular formula is C10H12BN3O. The number of nitrogens with zero attached hydrogens (tertiary/aromatic N) is 2. The highest BCUT2D eigenvalue weighted by atomic mass is 16.5. The van der Waals surface area contributed by atoms with Gasteiger partial charge in [0.25, 0.3) is 0 Å². The Hall–Kier alpha value is -0.935. The van der Waals surface area contributed by atoms with Crippen LogP contribution >= 0.6 is 0 Å². The van der Waals surface area contributed by atoms with Crippen molar-refractivity contribution in [1.29, 1.82) is 0 Å². The number of aromatic nitrogens is 2. The van der Waals surface area contributed by atoms with Crippen molar-refractivity contribution in [2.75, 3.05) is 13.2 Å². The van der Waals surface area contributed by atoms with Gasteiger partial charge in [0.15, 0.2) is 0 Å². The monoisotopic (exact) mass is 201 g/mol. The Kier molecular flexibility index (Phi) is 1.74. The van der Waals surface area contributed by atoms with Crippen LogP contribution in [0.1, 0.15) is 18.7 Å². The lowest BCUT2D eigenvalue weighted by molar-refractivity contribution is -0.189. The zero-order chi connectivity index (χ0) is 10.5. The Morgan fingerprint density at radius 2 is 1.87 bits per heavy atom. The molecule has 2 N–H and O–H groups in total. The maximum atomic E-state index is 6.24. The summed E-state index contributed by atoms with van der Waals surface area (Å²) < 4.78 is 5.21. The summed E-state index contributed by atoms with van der Waals surface area (Å²) in [5.74, 6) is 0.703. The third-order valence-electron chi connectivity index (χ3n) is 3.31. The molecule has 0 unspecified atom stereocenters. The first-order valence-corrected chi connectivity index (χ1v) is 5.07. The molecule has 1 spiro atoms. The summed E-state index contributed by atoms with van der Waals surface area (Å²) in [6, 6.07) is 0. The van der Waals surface area contributed by atoms with Crippen LogP contribution in [0.2, 0.25) is 0 Å². The predicted molar refractivity (Wildman–Crippen MR) is 55.8 cm³/mol. The highest BCUT2D eigenvalue weighted by Gasteiger charge is 2.58. The zero-order valence-corrected chi connectivity index (χ0v) is 8.44. The molecule has 2 fully saturated rings. The van der Waals surface area contributed by atoms with Crippen molar-refractivity contribution in [1.82, 2.24) is 9.97 Å². The Bertz CT molecular complexity index is 380. The molecule has 15 heavy (non-hydrogen) atoms. The first kappa shape index (κ1) is 9.30. The zero-order valence-electron chi connectivity index (χ0n) is 8.44. The van der Waals surface area contributed by atoms with Crippen LogP contribution in [-0.4, -0.2) is 31.0 Å². The minimum atomic E-state index is -0.364. The molecule has 76 valence electrons. The predicted octanol–water partition coefficient (Wildman–Crippen LogP) is -0.765. The van der Waals surface area contributed by atoms with Crippen LogP contribution in [0.25, 0.3) is 0 Å². The average Bonchev–Trinajstić information content (AvgIpc) is 2.11. The van der Waals surface area contributed by atoms with Gasteiger partial charge in [0.05, 0.1) is 18.8 Å². The quantitative estimate of drug-likeness (QED) is 0.606. The fourth-order valence-corrected chi connectivity index (χ4v) is 2.63. The molecule has 2 heterocycles. The number of rotatable bonds is 1. The second-order valence-electron chi connectivity index (χ2n) is 4.84. The van der Waals surface area contributed by atoms with Gasteiger partial charge in [0.1, 0.15) is 13.7 Å². The molecule has 1 aromatic rings. The smallest absolute Gasteiger partial charge is 0.147 e. The molecule has 1 saturated carbocycles. The molecule has 1 aliphatic carbocycles. The summed E-state index contributed by atoms with van der Waals surface area (Å²) in [6.07, 6.45) is 5.06. The lowest BCUT2D eigenvalue weighted by atomic mass is 9.56. The fourth-order valence-electron chi connectivity index (χ4n) is 2.63. The first-order chi connectivity index (χ1) is 7.12. The molecule has 3 rings (SSSR count). The summed E-state index contributed by atoms with van der Waals surface area (Å²) in [6.45, 7) is 1.67. The van der Waals surface area contributed by atoms with Gasteiger partial charge in [-0.25, -0.2) is 9.97 Å². The van der Waals surface area contributed by atoms with Gasteiger partial charge in [-0.15, -0.1) is 0 Å². The Morgan fingerprint density at radius 3 is 2.33 bits per heavy atom. The molecule has 2 radical (unpaired) electrons. The molecule has 5 heteroatoms. The van der Waals surface area contributed by atoms with Crippen LogP contribution < -0.4 is 11.2 Å². The lowest BCUT2D eigenvalue weighted by Gasteiger charge is -2.57. The normalized spacial score (nSPS) is 25.7. The van der Waals surface area contributed by atoms with Crippen LogP contribution in [-0.2, 0) is 10.3 Å². The Balaban J connectivity index is 1.80. The van der Waals surface area contributed by atoms with Crippen molar-refractivity contribution < 1.29 is 4.74 Å². The van der Waals surface area contributed by atoms with Crippen molar-refractivity contribution in [3.63, 3.8) is 0 Å². The third kappa shape index (κ3) is 1.30. The maximum Gasteiger partial charge on any atom is 0.147 e. The average molecular weight is 201 g/mol. The molecule has 0 bridgehead atoms. The van der Waals surface area contributed by atoms with Crippen molar-refractivity contribution >= 4 is 13.3 Å². The van der Waals surface area contributed by atoms with Gasteiger partial charge in [-0.05, 0) is 12.8 Å². The van der Waals surface area contributed by atoms with Crippen LogP contribution in [0.3, 0.4) is 0 Å². The minimum Gasteiger partial charge on any atom is -0.380 e. The highest BCUT2D eigenvalue weighted by molar-refractivity contribution is 6.31. The number of hydrogen-bond acceptors (Lipinski definition) is 4. The van der Waals surface area contributed by atoms with E-state index in [-0.39, 0.29) is 5.54 Å². The van der Waals surface area contributed by atoms with Crippen LogP contribution in [0, 0.1) is 5.41 Å². The molecule has 0 amide bonds. The summed E-state index contributed by atoms with van der Waals surface area (Å²) >= 11 is 0. The molecule has 1 aliphatic heterocycles. The number of nitrogens with two attached hydrogens (primary N) is 1. The van der Waals surface area contributed by atoms with Gasteiger partial charge in [0, 0.05) is 17.8 Å². The van der Waals surface area contributed by atoms with Gasteiger partial charge in [-0.3, -0.25) is 0 Å². The van der Waals surface area contributed by atoms with Gasteiger partial charge >= 0.3 is 0 Å². The van der Waals surface area contributed by atoms with E-state index < -0.39 is 0 Å². The molecule has 4 nitrogen and oxygen atoms in total. The van der Waals surface area contributed by atoms with E-state index in [1.807, 2.05) is 0 Å². The molecule has 0 aromatic carbocycles. The highest BCUT2D eigenvalue weighted by Crippen LogP contribution is 2.55. The van der Waals surface area contributed by atoms with E-state index in [9.17, 15) is 0 Å². The summed E-state index contributed by atoms with van der Waals surface area (Å²) in [5.41, 5.74) is 6.77. The van der Waals surface area contributed by atoms with Crippen LogP contribution in [0.5, 0.6) is 0 Å². The standard InChI is InChI=1S/C10H12BN3O/c11-7-1-13-8(14-2-7)10(12)3-9(4-10)5-15-6-9/h1-2H,3-6,12H2. The molecular weight excluding hydrogens is 189 g/mol. The lowest BCUT2D eigenvalue weighted by Crippen LogP contribution is -2.64. The largest absolute Gasteiger partial charge is 0.380 e. The Morgan fingerprint density at radius 1 is 1.27 bits per heavy atom. The van der Waals surface area contributed by atoms with E-state index in [1.54, 1.807) is 12.4 Å². The maximum absolute atomic E-state index is 6.24. The fraction of sp³-hybridized carbons (Fsp3) is 0.600. The molecule has 2 aliphatic rings. The van der Waals surface area contributed by atoms with Crippen molar-refractivity contribution in [3.8, 4) is 0 Å². The van der Waals surface area contributed by atoms with E-state index >= 15 is 0 Å². The van der Waals surface area contributed by atoms with Crippen molar-refractivity contribution in [3.05, 3.63) is 18.2 Å². The molecule has 1 aromatic heterocycles. The summed E-state index contributed by atoms with van der Waals surface area (Å²) in [4.78, 5) is 8.39. The van der Waals surface area contributed by atoms with Gasteiger partial charge in [0.2, 0.25) is 0 Å². The van der Waals surface area contributed by atoms with E-state index in [0.717, 1.165) is 26.1 Å². The number of ether oxygens (including phenoxy) is 1. The van der Waals surface area contributed by atoms with Crippen LogP contribution in [0.15, 0.2) is 12.4 Å². The SMILES string of the molecule is [B]c1cnc(C2(N)CC3(COC3)C2)nc1. The first-order valence-electron chi connectivity index (χ1n) is 5.07. The molecule has 1 saturated heterocycles. The topological polar surface area (TPSA) is 61.0 Å². The van der Waals surface area contributed by atoms with E-state index in [2.05, 4.69) is 9.97 Å². The van der Waals surface area contributed by atoms with Crippen molar-refractivity contribution in [2.24, 2.45) is 11.1 Å². The van der Waals surface area contributed by atoms with Crippen molar-refractivity contribution in [2.45, 2.75) is 18.4 Å². The van der Waals surface area contributed by atoms with Gasteiger partial charge in [-0.2, -0.15) is 0 Å². The van der Waals surface area contributed by atoms with E-state index in [1.165, 1.54) is 0 Å². The Labute approximate surface area is 89.7 Å². The van der Waals surface area contributed by atoms with Crippen LogP contribution in [0.4, 0.5) is 0 Å². The second-order valence-corrected chi connectivity index (χ2v) is 4.84. The summed E-state index contributed by atoms with van der Waals surface area (Å²) in [5, 5.41) is 0. The van der Waals surface area contributed by atoms with Gasteiger partial charge < -0.3 is 10.5 Å². The third-order valence-corrected chi connectivity index (χ3v) is 3.31. The van der Waals surface area contributed by atoms with Gasteiger partial charge in [-0.1, -0.05) is 5.46 Å².